The monoisotopic (exact) mass is 106 g/mol. The van der Waals surface area contributed by atoms with Crippen LogP contribution in [0.3, 0.4) is 0 Å². The van der Waals surface area contributed by atoms with Gasteiger partial charge in [0.15, 0.2) is 0 Å². The van der Waals surface area contributed by atoms with Crippen LogP contribution in [0.1, 0.15) is 0 Å². The van der Waals surface area contributed by atoms with Gasteiger partial charge in [0.1, 0.15) is 0 Å². The zero-order valence-corrected chi connectivity index (χ0v) is 2.89. The summed E-state index contributed by atoms with van der Waals surface area (Å²) in [6.45, 7) is 0. The summed E-state index contributed by atoms with van der Waals surface area (Å²) in [6, 6.07) is 0. The average Bonchev–Trinajstić information content (AvgIpc) is 1.00. The number of rotatable bonds is 0. The summed E-state index contributed by atoms with van der Waals surface area (Å²) >= 11 is 0. The van der Waals surface area contributed by atoms with Gasteiger partial charge in [-0.3, -0.25) is 10.5 Å². The zero-order chi connectivity index (χ0) is 2.00. The van der Waals surface area contributed by atoms with Gasteiger partial charge in [0.25, 0.3) is 0 Å². The van der Waals surface area contributed by atoms with Crippen LogP contribution in [0.5, 0.6) is 0 Å². The van der Waals surface area contributed by atoms with Crippen LogP contribution in [0.15, 0.2) is 0 Å². The van der Waals surface area contributed by atoms with Gasteiger partial charge in [-0.05, 0) is 0 Å². The van der Waals surface area contributed by atoms with Crippen LogP contribution in [0.25, 0.3) is 0 Å². The first kappa shape index (κ1) is 226. The van der Waals surface area contributed by atoms with Crippen molar-refractivity contribution in [1.29, 1.82) is 0 Å². The quantitative estimate of drug-likeness (QED) is 0.244. The Morgan fingerprint density at radius 2 is 0.500 bits per heavy atom. The second-order valence-corrected chi connectivity index (χ2v) is 0. The SMILES string of the molecule is O.O.O.O.OO. The highest BCUT2D eigenvalue weighted by Crippen LogP contribution is 0.711. The van der Waals surface area contributed by atoms with E-state index in [1.165, 1.54) is 0 Å². The van der Waals surface area contributed by atoms with Crippen LogP contribution in [-0.2, 0) is 0 Å². The molecule has 0 aromatic heterocycles. The summed E-state index contributed by atoms with van der Waals surface area (Å²) in [7, 11) is 0. The fraction of sp³-hybridized carbons (Fsp3) is 0. The van der Waals surface area contributed by atoms with Gasteiger partial charge in [-0.2, -0.15) is 0 Å². The largest absolute Gasteiger partial charge is 0.412 e. The summed E-state index contributed by atoms with van der Waals surface area (Å²) in [5.74, 6) is 0. The molecule has 6 heteroatoms. The molecule has 0 heterocycles. The molecule has 6 heavy (non-hydrogen) atoms. The molecular weight excluding hydrogens is 96.0 g/mol. The molecular formula is H10O6. The Bertz CT molecular complexity index is 0. The van der Waals surface area contributed by atoms with Crippen molar-refractivity contribution in [3.05, 3.63) is 0 Å². The summed E-state index contributed by atoms with van der Waals surface area (Å²) in [6.07, 6.45) is 0. The summed E-state index contributed by atoms with van der Waals surface area (Å²) < 4.78 is 0. The van der Waals surface area contributed by atoms with E-state index >= 15 is 0 Å². The molecule has 0 rings (SSSR count). The van der Waals surface area contributed by atoms with Crippen molar-refractivity contribution in [1.82, 2.24) is 0 Å². The third-order valence-electron chi connectivity index (χ3n) is 0. The molecule has 0 saturated carbocycles. The van der Waals surface area contributed by atoms with Crippen molar-refractivity contribution >= 4 is 0 Å². The minimum atomic E-state index is 0. The molecule has 0 amide bonds. The molecule has 0 bridgehead atoms. The van der Waals surface area contributed by atoms with Crippen molar-refractivity contribution in [3.63, 3.8) is 0 Å². The second-order valence-electron chi connectivity index (χ2n) is 0. The van der Waals surface area contributed by atoms with Crippen LogP contribution in [-0.4, -0.2) is 32.4 Å². The van der Waals surface area contributed by atoms with Crippen molar-refractivity contribution in [3.8, 4) is 0 Å². The van der Waals surface area contributed by atoms with Gasteiger partial charge in [-0.1, -0.05) is 0 Å². The predicted molar refractivity (Wildman–Crippen MR) is 19.7 cm³/mol. The predicted octanol–water partition coefficient (Wildman–Crippen LogP) is -3.28. The van der Waals surface area contributed by atoms with Gasteiger partial charge in [0.2, 0.25) is 0 Å². The van der Waals surface area contributed by atoms with Crippen LogP contribution >= 0.6 is 0 Å². The molecule has 0 aliphatic carbocycles. The minimum Gasteiger partial charge on any atom is -0.412 e. The van der Waals surface area contributed by atoms with E-state index in [0.717, 1.165) is 0 Å². The van der Waals surface area contributed by atoms with Crippen molar-refractivity contribution in [2.24, 2.45) is 0 Å². The van der Waals surface area contributed by atoms with Crippen LogP contribution in [0.2, 0.25) is 0 Å². The lowest BCUT2D eigenvalue weighted by Gasteiger charge is -1.25. The molecule has 0 unspecified atom stereocenters. The fourth-order valence-electron chi connectivity index (χ4n) is 0. The first-order valence-corrected chi connectivity index (χ1v) is 0.200. The molecule has 0 fully saturated rings. The van der Waals surface area contributed by atoms with E-state index in [-0.39, 0.29) is 21.9 Å². The highest BCUT2D eigenvalue weighted by atomic mass is 17.0. The van der Waals surface area contributed by atoms with E-state index in [9.17, 15) is 0 Å². The Labute approximate surface area is 33.8 Å². The standard InChI is InChI=1S/H2O2.4H2O/c1-2;;;;/h1-2H;4*1H2. The highest BCUT2D eigenvalue weighted by molar-refractivity contribution is 1.82. The third kappa shape index (κ3) is 497. The van der Waals surface area contributed by atoms with Crippen molar-refractivity contribution in [2.45, 2.75) is 0 Å². The molecule has 0 saturated heterocycles. The maximum atomic E-state index is 6.00. The number of hydrogen-bond donors (Lipinski definition) is 2. The first-order chi connectivity index (χ1) is 1.00. The third-order valence-corrected chi connectivity index (χ3v) is 0. The normalized spacial score (nSPS) is 1.00. The molecule has 0 aliphatic rings. The van der Waals surface area contributed by atoms with Crippen LogP contribution in [0.4, 0.5) is 0 Å². The van der Waals surface area contributed by atoms with Gasteiger partial charge in [-0.15, -0.1) is 0 Å². The van der Waals surface area contributed by atoms with E-state index in [1.807, 2.05) is 0 Å². The summed E-state index contributed by atoms with van der Waals surface area (Å²) in [5.41, 5.74) is 0. The second kappa shape index (κ2) is 1170. The van der Waals surface area contributed by atoms with E-state index in [0.29, 0.717) is 0 Å². The average molecular weight is 106 g/mol. The van der Waals surface area contributed by atoms with E-state index in [1.54, 1.807) is 0 Å². The van der Waals surface area contributed by atoms with Gasteiger partial charge in [-0.25, -0.2) is 0 Å². The van der Waals surface area contributed by atoms with E-state index < -0.39 is 0 Å². The molecule has 0 aromatic rings. The first-order valence-electron chi connectivity index (χ1n) is 0.200. The summed E-state index contributed by atoms with van der Waals surface area (Å²) in [5, 5.41) is 12.0. The molecule has 0 radical (unpaired) electrons. The van der Waals surface area contributed by atoms with Gasteiger partial charge >= 0.3 is 0 Å². The lowest BCUT2D eigenvalue weighted by atomic mass is 15.0. The fourth-order valence-corrected chi connectivity index (χ4v) is 0. The molecule has 10 N–H and O–H groups in total. The molecule has 0 aliphatic heterocycles. The molecule has 0 aromatic carbocycles. The lowest BCUT2D eigenvalue weighted by Crippen LogP contribution is -1.29. The smallest absolute Gasteiger partial charge is 0.255 e. The zero-order valence-electron chi connectivity index (χ0n) is 2.89. The Hall–Kier alpha value is -0.240. The van der Waals surface area contributed by atoms with Crippen molar-refractivity contribution < 1.29 is 32.4 Å². The summed E-state index contributed by atoms with van der Waals surface area (Å²) in [4.78, 5) is 0. The van der Waals surface area contributed by atoms with Gasteiger partial charge < -0.3 is 21.9 Å². The van der Waals surface area contributed by atoms with Gasteiger partial charge in [0, 0.05) is 0 Å². The van der Waals surface area contributed by atoms with Gasteiger partial charge in [0.05, 0.1) is 0 Å². The molecule has 0 atom stereocenters. The molecule has 6 nitrogen and oxygen atoms in total. The highest BCUT2D eigenvalue weighted by Gasteiger charge is 0.745. The molecule has 0 spiro atoms. The van der Waals surface area contributed by atoms with E-state index in [4.69, 9.17) is 10.5 Å². The Kier molecular flexibility index (Phi) is 44000. The minimum absolute atomic E-state index is 0. The Morgan fingerprint density at radius 1 is 0.500 bits per heavy atom. The Morgan fingerprint density at radius 3 is 0.500 bits per heavy atom. The van der Waals surface area contributed by atoms with Crippen molar-refractivity contribution in [2.75, 3.05) is 0 Å². The van der Waals surface area contributed by atoms with E-state index in [2.05, 4.69) is 0 Å². The lowest BCUT2D eigenvalue weighted by molar-refractivity contribution is -0.176. The topological polar surface area (TPSA) is 166 Å². The molecule has 46 valence electrons. The Balaban J connectivity index is -0.000000000833. The maximum Gasteiger partial charge on any atom is -0.255 e. The van der Waals surface area contributed by atoms with Crippen LogP contribution < -0.4 is 0 Å². The number of hydrogen-bond acceptors (Lipinski definition) is 2. The maximum absolute atomic E-state index is 6.00. The van der Waals surface area contributed by atoms with Crippen LogP contribution in [0, 0.1) is 0 Å².